The molecule has 0 aromatic heterocycles. The van der Waals surface area contributed by atoms with E-state index in [1.165, 1.54) is 0 Å². The molecular formula is C13H25O4P. The van der Waals surface area contributed by atoms with Gasteiger partial charge in [-0.15, -0.1) is 0 Å². The topological polar surface area (TPSA) is 55.8 Å². The summed E-state index contributed by atoms with van der Waals surface area (Å²) in [5, 5.41) is 10.3. The van der Waals surface area contributed by atoms with Gasteiger partial charge in [0.15, 0.2) is 5.79 Å². The number of Topliss-reactive ketones (excluding diaryl/α,β-unsaturated/α-hetero) is 1. The summed E-state index contributed by atoms with van der Waals surface area (Å²) in [5.41, 5.74) is 0. The zero-order valence-corrected chi connectivity index (χ0v) is 12.5. The zero-order chi connectivity index (χ0) is 13.6. The van der Waals surface area contributed by atoms with E-state index in [-0.39, 0.29) is 24.4 Å². The first-order valence-corrected chi connectivity index (χ1v) is 7.27. The molecule has 0 saturated carbocycles. The Morgan fingerprint density at radius 1 is 1.61 bits per heavy atom. The summed E-state index contributed by atoms with van der Waals surface area (Å²) >= 11 is 0. The van der Waals surface area contributed by atoms with Crippen molar-refractivity contribution in [3.63, 3.8) is 0 Å². The second-order valence-corrected chi connectivity index (χ2v) is 5.32. The van der Waals surface area contributed by atoms with Gasteiger partial charge in [0.2, 0.25) is 0 Å². The Labute approximate surface area is 112 Å². The number of hydrogen-bond acceptors (Lipinski definition) is 4. The molecule has 1 aliphatic heterocycles. The predicted molar refractivity (Wildman–Crippen MR) is 73.1 cm³/mol. The number of carbonyl (C=O) groups is 1. The average molecular weight is 276 g/mol. The molecule has 18 heavy (non-hydrogen) atoms. The summed E-state index contributed by atoms with van der Waals surface area (Å²) in [6, 6.07) is 0. The summed E-state index contributed by atoms with van der Waals surface area (Å²) in [7, 11) is 2.28. The summed E-state index contributed by atoms with van der Waals surface area (Å²) in [5.74, 6) is -1.21. The fourth-order valence-corrected chi connectivity index (χ4v) is 2.68. The van der Waals surface area contributed by atoms with Crippen LogP contribution in [0.25, 0.3) is 0 Å². The summed E-state index contributed by atoms with van der Waals surface area (Å²) in [6.45, 7) is 3.87. The molecule has 1 N–H and O–H groups in total. The maximum absolute atomic E-state index is 11.5. The van der Waals surface area contributed by atoms with Crippen LogP contribution in [0.5, 0.6) is 0 Å². The Morgan fingerprint density at radius 2 is 2.33 bits per heavy atom. The quantitative estimate of drug-likeness (QED) is 0.726. The van der Waals surface area contributed by atoms with Gasteiger partial charge in [-0.2, -0.15) is 0 Å². The number of rotatable bonds is 7. The zero-order valence-electron chi connectivity index (χ0n) is 11.4. The van der Waals surface area contributed by atoms with Crippen LogP contribution in [0.1, 0.15) is 58.8 Å². The Bertz CT molecular complexity index is 268. The minimum Gasteiger partial charge on any atom is -0.365 e. The molecule has 4 atom stereocenters. The van der Waals surface area contributed by atoms with Crippen molar-refractivity contribution in [2.24, 2.45) is 0 Å². The molecule has 4 unspecified atom stereocenters. The van der Waals surface area contributed by atoms with Crippen LogP contribution >= 0.6 is 9.47 Å². The highest BCUT2D eigenvalue weighted by molar-refractivity contribution is 7.09. The Hall–Kier alpha value is -0.0200. The van der Waals surface area contributed by atoms with Crippen molar-refractivity contribution in [2.45, 2.75) is 76.8 Å². The largest absolute Gasteiger partial charge is 0.365 e. The van der Waals surface area contributed by atoms with Crippen LogP contribution in [0.4, 0.5) is 0 Å². The monoisotopic (exact) mass is 276 g/mol. The van der Waals surface area contributed by atoms with Gasteiger partial charge in [0.25, 0.3) is 0 Å². The maximum atomic E-state index is 11.5. The maximum Gasteiger partial charge on any atom is 0.172 e. The van der Waals surface area contributed by atoms with E-state index < -0.39 is 5.79 Å². The summed E-state index contributed by atoms with van der Waals surface area (Å²) in [4.78, 5) is 11.5. The highest BCUT2D eigenvalue weighted by atomic mass is 31.0. The van der Waals surface area contributed by atoms with Crippen LogP contribution in [0, 0.1) is 0 Å². The first kappa shape index (κ1) is 16.0. The third-order valence-electron chi connectivity index (χ3n) is 3.52. The molecule has 1 rings (SSSR count). The number of ketones is 1. The fourth-order valence-electron chi connectivity index (χ4n) is 2.37. The van der Waals surface area contributed by atoms with Crippen LogP contribution in [-0.4, -0.2) is 28.9 Å². The molecule has 4 nitrogen and oxygen atoms in total. The third-order valence-corrected chi connectivity index (χ3v) is 3.91. The van der Waals surface area contributed by atoms with E-state index >= 15 is 0 Å². The Morgan fingerprint density at radius 3 is 2.89 bits per heavy atom. The number of carbonyl (C=O) groups excluding carboxylic acids is 1. The SMILES string of the molecule is CCC(=O)CC1(O)CCCC(CC(CC)OP)O1. The van der Waals surface area contributed by atoms with Crippen molar-refractivity contribution >= 4 is 15.2 Å². The van der Waals surface area contributed by atoms with E-state index in [4.69, 9.17) is 9.26 Å². The molecule has 1 saturated heterocycles. The standard InChI is InChI=1S/C13H25O4P/c1-3-10(14)9-13(15)7-5-6-12(16-13)8-11(4-2)17-18/h11-12,15H,3-9,18H2,1-2H3. The van der Waals surface area contributed by atoms with Gasteiger partial charge in [0.05, 0.1) is 18.6 Å². The fraction of sp³-hybridized carbons (Fsp3) is 0.923. The van der Waals surface area contributed by atoms with Gasteiger partial charge in [0.1, 0.15) is 5.78 Å². The van der Waals surface area contributed by atoms with Gasteiger partial charge in [-0.3, -0.25) is 4.79 Å². The van der Waals surface area contributed by atoms with E-state index in [9.17, 15) is 9.90 Å². The second kappa shape index (κ2) is 7.54. The molecule has 0 amide bonds. The van der Waals surface area contributed by atoms with Gasteiger partial charge in [-0.1, -0.05) is 13.8 Å². The number of hydrogen-bond donors (Lipinski definition) is 1. The van der Waals surface area contributed by atoms with Crippen molar-refractivity contribution in [1.82, 2.24) is 0 Å². The van der Waals surface area contributed by atoms with E-state index in [2.05, 4.69) is 16.4 Å². The van der Waals surface area contributed by atoms with Gasteiger partial charge < -0.3 is 14.4 Å². The molecule has 0 aromatic rings. The van der Waals surface area contributed by atoms with Crippen LogP contribution in [0.2, 0.25) is 0 Å². The van der Waals surface area contributed by atoms with Crippen LogP contribution in [-0.2, 0) is 14.1 Å². The van der Waals surface area contributed by atoms with Crippen molar-refractivity contribution in [3.05, 3.63) is 0 Å². The van der Waals surface area contributed by atoms with Gasteiger partial charge in [-0.25, -0.2) is 0 Å². The number of ether oxygens (including phenoxy) is 1. The molecule has 1 aliphatic rings. The summed E-state index contributed by atoms with van der Waals surface area (Å²) < 4.78 is 11.0. The third kappa shape index (κ3) is 4.93. The lowest BCUT2D eigenvalue weighted by atomic mass is 9.94. The average Bonchev–Trinajstić information content (AvgIpc) is 2.35. The summed E-state index contributed by atoms with van der Waals surface area (Å²) in [6.07, 6.45) is 4.72. The lowest BCUT2D eigenvalue weighted by Crippen LogP contribution is -2.43. The number of aliphatic hydroxyl groups is 1. The molecule has 0 radical (unpaired) electrons. The molecule has 0 bridgehead atoms. The van der Waals surface area contributed by atoms with E-state index in [0.717, 1.165) is 25.7 Å². The Balaban J connectivity index is 2.51. The second-order valence-electron chi connectivity index (χ2n) is 5.05. The van der Waals surface area contributed by atoms with Gasteiger partial charge in [0, 0.05) is 28.7 Å². The highest BCUT2D eigenvalue weighted by Gasteiger charge is 2.37. The molecule has 0 spiro atoms. The predicted octanol–water partition coefficient (Wildman–Crippen LogP) is 2.59. The lowest BCUT2D eigenvalue weighted by Gasteiger charge is -2.37. The van der Waals surface area contributed by atoms with Crippen molar-refractivity contribution in [1.29, 1.82) is 0 Å². The lowest BCUT2D eigenvalue weighted by molar-refractivity contribution is -0.256. The van der Waals surface area contributed by atoms with E-state index in [1.807, 2.05) is 0 Å². The Kier molecular flexibility index (Phi) is 6.72. The van der Waals surface area contributed by atoms with E-state index in [1.54, 1.807) is 6.92 Å². The van der Waals surface area contributed by atoms with E-state index in [0.29, 0.717) is 12.8 Å². The first-order chi connectivity index (χ1) is 8.53. The molecule has 5 heteroatoms. The van der Waals surface area contributed by atoms with Crippen molar-refractivity contribution in [2.75, 3.05) is 0 Å². The van der Waals surface area contributed by atoms with Gasteiger partial charge >= 0.3 is 0 Å². The van der Waals surface area contributed by atoms with Crippen molar-refractivity contribution in [3.8, 4) is 0 Å². The molecule has 1 fully saturated rings. The van der Waals surface area contributed by atoms with Crippen molar-refractivity contribution < 1.29 is 19.2 Å². The molecule has 0 aliphatic carbocycles. The molecule has 106 valence electrons. The normalized spacial score (nSPS) is 30.1. The van der Waals surface area contributed by atoms with Gasteiger partial charge in [-0.05, 0) is 19.3 Å². The molecular weight excluding hydrogens is 251 g/mol. The van der Waals surface area contributed by atoms with Crippen LogP contribution in [0.3, 0.4) is 0 Å². The smallest absolute Gasteiger partial charge is 0.172 e. The first-order valence-electron chi connectivity index (χ1n) is 6.80. The minimum absolute atomic E-state index is 0.0149. The molecule has 1 heterocycles. The molecule has 0 aromatic carbocycles. The van der Waals surface area contributed by atoms with Crippen LogP contribution < -0.4 is 0 Å². The van der Waals surface area contributed by atoms with Crippen LogP contribution in [0.15, 0.2) is 0 Å². The minimum atomic E-state index is -1.25. The highest BCUT2D eigenvalue weighted by Crippen LogP contribution is 2.32.